The number of rotatable bonds is 9. The predicted molar refractivity (Wildman–Crippen MR) is 119 cm³/mol. The first kappa shape index (κ1) is 24.2. The highest BCUT2D eigenvalue weighted by Gasteiger charge is 2.29. The number of carbonyl (C=O) groups excluding carboxylic acids is 2. The van der Waals surface area contributed by atoms with Gasteiger partial charge in [-0.3, -0.25) is 9.59 Å². The van der Waals surface area contributed by atoms with Crippen molar-refractivity contribution in [2.45, 2.75) is 58.7 Å². The van der Waals surface area contributed by atoms with E-state index in [4.69, 9.17) is 23.2 Å². The number of hydrogen-bond acceptors (Lipinski definition) is 2. The molecular formula is C23H27Cl2FN2O2. The van der Waals surface area contributed by atoms with Crippen molar-refractivity contribution >= 4 is 35.0 Å². The lowest BCUT2D eigenvalue weighted by atomic mass is 10.1. The van der Waals surface area contributed by atoms with E-state index in [9.17, 15) is 14.0 Å². The van der Waals surface area contributed by atoms with Crippen molar-refractivity contribution in [1.82, 2.24) is 10.2 Å². The monoisotopic (exact) mass is 452 g/mol. The van der Waals surface area contributed by atoms with Crippen LogP contribution in [0.15, 0.2) is 42.5 Å². The van der Waals surface area contributed by atoms with Gasteiger partial charge in [-0.15, -0.1) is 0 Å². The van der Waals surface area contributed by atoms with Gasteiger partial charge in [-0.1, -0.05) is 55.2 Å². The first-order valence-corrected chi connectivity index (χ1v) is 10.8. The fourth-order valence-electron chi connectivity index (χ4n) is 3.07. The third-order valence-corrected chi connectivity index (χ3v) is 5.73. The molecule has 2 amide bonds. The molecule has 0 radical (unpaired) electrons. The topological polar surface area (TPSA) is 49.4 Å². The molecular weight excluding hydrogens is 426 g/mol. The second-order valence-corrected chi connectivity index (χ2v) is 8.13. The largest absolute Gasteiger partial charge is 0.352 e. The Morgan fingerprint density at radius 2 is 1.63 bits per heavy atom. The molecule has 0 saturated heterocycles. The van der Waals surface area contributed by atoms with Crippen molar-refractivity contribution < 1.29 is 14.0 Å². The van der Waals surface area contributed by atoms with Gasteiger partial charge < -0.3 is 10.2 Å². The van der Waals surface area contributed by atoms with Gasteiger partial charge in [0.25, 0.3) is 0 Å². The summed E-state index contributed by atoms with van der Waals surface area (Å²) in [6.07, 6.45) is 1.32. The van der Waals surface area contributed by atoms with Crippen LogP contribution in [0.3, 0.4) is 0 Å². The standard InChI is InChI=1S/C23H27Cl2FN2O2/c1-4-15(3)27-23(30)21(5-2)28(14-16-6-9-18(26)10-7-16)22(29)13-17-8-11-19(24)20(25)12-17/h6-12,15,21H,4-5,13-14H2,1-3H3,(H,27,30). The Kier molecular flexibility index (Phi) is 9.12. The maximum absolute atomic E-state index is 13.3. The second-order valence-electron chi connectivity index (χ2n) is 7.32. The summed E-state index contributed by atoms with van der Waals surface area (Å²) in [4.78, 5) is 27.7. The number of carbonyl (C=O) groups is 2. The third-order valence-electron chi connectivity index (χ3n) is 4.99. The smallest absolute Gasteiger partial charge is 0.243 e. The molecule has 2 atom stereocenters. The first-order chi connectivity index (χ1) is 14.2. The number of nitrogens with one attached hydrogen (secondary N) is 1. The highest BCUT2D eigenvalue weighted by Crippen LogP contribution is 2.23. The van der Waals surface area contributed by atoms with Crippen molar-refractivity contribution in [1.29, 1.82) is 0 Å². The first-order valence-electron chi connectivity index (χ1n) is 10.0. The van der Waals surface area contributed by atoms with E-state index in [0.717, 1.165) is 12.0 Å². The lowest BCUT2D eigenvalue weighted by Crippen LogP contribution is -2.51. The summed E-state index contributed by atoms with van der Waals surface area (Å²) in [5.74, 6) is -0.769. The summed E-state index contributed by atoms with van der Waals surface area (Å²) in [6.45, 7) is 5.97. The van der Waals surface area contributed by atoms with Gasteiger partial charge in [0, 0.05) is 12.6 Å². The van der Waals surface area contributed by atoms with E-state index in [1.165, 1.54) is 12.1 Å². The molecule has 1 N–H and O–H groups in total. The van der Waals surface area contributed by atoms with Crippen LogP contribution in [0.25, 0.3) is 0 Å². The Hall–Kier alpha value is -2.11. The van der Waals surface area contributed by atoms with E-state index in [0.29, 0.717) is 22.0 Å². The lowest BCUT2D eigenvalue weighted by Gasteiger charge is -2.31. The molecule has 0 saturated carbocycles. The lowest BCUT2D eigenvalue weighted by molar-refractivity contribution is -0.141. The minimum Gasteiger partial charge on any atom is -0.352 e. The predicted octanol–water partition coefficient (Wildman–Crippen LogP) is 5.40. The van der Waals surface area contributed by atoms with Crippen LogP contribution in [0.4, 0.5) is 4.39 Å². The van der Waals surface area contributed by atoms with Crippen LogP contribution in [0.5, 0.6) is 0 Å². The molecule has 162 valence electrons. The van der Waals surface area contributed by atoms with Gasteiger partial charge in [0.05, 0.1) is 16.5 Å². The van der Waals surface area contributed by atoms with Crippen molar-refractivity contribution in [2.24, 2.45) is 0 Å². The zero-order valence-electron chi connectivity index (χ0n) is 17.4. The molecule has 2 aromatic rings. The summed E-state index contributed by atoms with van der Waals surface area (Å²) in [7, 11) is 0. The van der Waals surface area contributed by atoms with Gasteiger partial charge in [-0.05, 0) is 55.2 Å². The van der Waals surface area contributed by atoms with Crippen LogP contribution >= 0.6 is 23.2 Å². The molecule has 0 aliphatic rings. The van der Waals surface area contributed by atoms with Crippen molar-refractivity contribution in [3.05, 3.63) is 69.5 Å². The molecule has 0 fully saturated rings. The number of benzene rings is 2. The van der Waals surface area contributed by atoms with Crippen LogP contribution in [0.2, 0.25) is 10.0 Å². The van der Waals surface area contributed by atoms with Gasteiger partial charge >= 0.3 is 0 Å². The van der Waals surface area contributed by atoms with Crippen LogP contribution in [0.1, 0.15) is 44.7 Å². The van der Waals surface area contributed by atoms with E-state index in [-0.39, 0.29) is 36.6 Å². The summed E-state index contributed by atoms with van der Waals surface area (Å²) < 4.78 is 13.3. The molecule has 2 unspecified atom stereocenters. The Labute approximate surface area is 187 Å². The Balaban J connectivity index is 2.30. The van der Waals surface area contributed by atoms with Crippen LogP contribution in [-0.4, -0.2) is 28.8 Å². The van der Waals surface area contributed by atoms with E-state index < -0.39 is 6.04 Å². The molecule has 0 spiro atoms. The summed E-state index contributed by atoms with van der Waals surface area (Å²) in [6, 6.07) is 10.3. The van der Waals surface area contributed by atoms with E-state index in [1.807, 2.05) is 20.8 Å². The third kappa shape index (κ3) is 6.71. The molecule has 4 nitrogen and oxygen atoms in total. The van der Waals surface area contributed by atoms with Gasteiger partial charge in [-0.2, -0.15) is 0 Å². The Morgan fingerprint density at radius 3 is 2.20 bits per heavy atom. The minimum absolute atomic E-state index is 0.00407. The second kappa shape index (κ2) is 11.3. The number of amides is 2. The maximum atomic E-state index is 13.3. The highest BCUT2D eigenvalue weighted by atomic mass is 35.5. The van der Waals surface area contributed by atoms with Crippen LogP contribution < -0.4 is 5.32 Å². The van der Waals surface area contributed by atoms with Crippen LogP contribution in [-0.2, 0) is 22.6 Å². The van der Waals surface area contributed by atoms with Gasteiger partial charge in [0.1, 0.15) is 11.9 Å². The summed E-state index contributed by atoms with van der Waals surface area (Å²) >= 11 is 12.0. The fourth-order valence-corrected chi connectivity index (χ4v) is 3.39. The fraction of sp³-hybridized carbons (Fsp3) is 0.391. The maximum Gasteiger partial charge on any atom is 0.243 e. The zero-order chi connectivity index (χ0) is 22.3. The average molecular weight is 453 g/mol. The number of nitrogens with zero attached hydrogens (tertiary/aromatic N) is 1. The molecule has 30 heavy (non-hydrogen) atoms. The number of hydrogen-bond donors (Lipinski definition) is 1. The summed E-state index contributed by atoms with van der Waals surface area (Å²) in [5.41, 5.74) is 1.45. The number of halogens is 3. The normalized spacial score (nSPS) is 12.9. The van der Waals surface area contributed by atoms with Crippen molar-refractivity contribution in [3.8, 4) is 0 Å². The van der Waals surface area contributed by atoms with E-state index >= 15 is 0 Å². The highest BCUT2D eigenvalue weighted by molar-refractivity contribution is 6.42. The Bertz CT molecular complexity index is 874. The molecule has 0 bridgehead atoms. The molecule has 0 aromatic heterocycles. The molecule has 0 aliphatic heterocycles. The molecule has 7 heteroatoms. The van der Waals surface area contributed by atoms with E-state index in [1.54, 1.807) is 35.2 Å². The quantitative estimate of drug-likeness (QED) is 0.553. The minimum atomic E-state index is -0.640. The molecule has 0 aliphatic carbocycles. The summed E-state index contributed by atoms with van der Waals surface area (Å²) in [5, 5.41) is 3.74. The zero-order valence-corrected chi connectivity index (χ0v) is 18.9. The molecule has 2 rings (SSSR count). The van der Waals surface area contributed by atoms with E-state index in [2.05, 4.69) is 5.32 Å². The average Bonchev–Trinajstić information content (AvgIpc) is 2.71. The Morgan fingerprint density at radius 1 is 1.00 bits per heavy atom. The van der Waals surface area contributed by atoms with Gasteiger partial charge in [-0.25, -0.2) is 4.39 Å². The van der Waals surface area contributed by atoms with Crippen molar-refractivity contribution in [3.63, 3.8) is 0 Å². The van der Waals surface area contributed by atoms with Gasteiger partial charge in [0.15, 0.2) is 0 Å². The molecule has 0 heterocycles. The van der Waals surface area contributed by atoms with Gasteiger partial charge in [0.2, 0.25) is 11.8 Å². The van der Waals surface area contributed by atoms with Crippen LogP contribution in [0, 0.1) is 5.82 Å². The SMILES string of the molecule is CCC(C)NC(=O)C(CC)N(Cc1ccc(F)cc1)C(=O)Cc1ccc(Cl)c(Cl)c1. The molecule has 2 aromatic carbocycles. The van der Waals surface area contributed by atoms with Crippen molar-refractivity contribution in [2.75, 3.05) is 0 Å².